The van der Waals surface area contributed by atoms with Crippen molar-refractivity contribution in [2.75, 3.05) is 0 Å². The predicted molar refractivity (Wildman–Crippen MR) is 132 cm³/mol. The molecule has 0 saturated carbocycles. The Bertz CT molecular complexity index is 1570. The maximum Gasteiger partial charge on any atom is 0.145 e. The number of rotatable bonds is 2. The highest BCUT2D eigenvalue weighted by atomic mass is 79.9. The van der Waals surface area contributed by atoms with Crippen molar-refractivity contribution in [3.8, 4) is 17.1 Å². The van der Waals surface area contributed by atoms with Gasteiger partial charge < -0.3 is 0 Å². The molecule has 0 unspecified atom stereocenters. The molecule has 0 saturated heterocycles. The van der Waals surface area contributed by atoms with Gasteiger partial charge in [-0.3, -0.25) is 4.57 Å². The van der Waals surface area contributed by atoms with E-state index in [9.17, 15) is 0 Å². The highest BCUT2D eigenvalue weighted by Gasteiger charge is 2.20. The Morgan fingerprint density at radius 1 is 0.800 bits per heavy atom. The molecule has 0 amide bonds. The van der Waals surface area contributed by atoms with Crippen LogP contribution in [0.15, 0.2) is 89.4 Å². The molecule has 30 heavy (non-hydrogen) atoms. The third-order valence-corrected chi connectivity index (χ3v) is 7.85. The Hall–Kier alpha value is -2.66. The molecule has 2 heterocycles. The molecule has 0 spiro atoms. The monoisotopic (exact) mass is 488 g/mol. The van der Waals surface area contributed by atoms with Crippen LogP contribution in [0.2, 0.25) is 5.02 Å². The van der Waals surface area contributed by atoms with Crippen LogP contribution >= 0.6 is 38.9 Å². The van der Waals surface area contributed by atoms with Crippen molar-refractivity contribution >= 4 is 70.1 Å². The summed E-state index contributed by atoms with van der Waals surface area (Å²) >= 11 is 12.1. The van der Waals surface area contributed by atoms with E-state index >= 15 is 0 Å². The van der Waals surface area contributed by atoms with Crippen LogP contribution in [0.5, 0.6) is 0 Å². The smallest absolute Gasteiger partial charge is 0.145 e. The lowest BCUT2D eigenvalue weighted by atomic mass is 10.1. The van der Waals surface area contributed by atoms with Crippen LogP contribution in [0, 0.1) is 0 Å². The number of imidazole rings is 1. The van der Waals surface area contributed by atoms with Crippen LogP contribution in [-0.2, 0) is 0 Å². The van der Waals surface area contributed by atoms with Crippen molar-refractivity contribution in [1.82, 2.24) is 9.55 Å². The zero-order chi connectivity index (χ0) is 20.2. The van der Waals surface area contributed by atoms with Crippen molar-refractivity contribution in [1.29, 1.82) is 0 Å². The Morgan fingerprint density at radius 3 is 2.47 bits per heavy atom. The summed E-state index contributed by atoms with van der Waals surface area (Å²) in [5.74, 6) is 0.885. The minimum atomic E-state index is 0.672. The molecule has 0 radical (unpaired) electrons. The molecule has 2 nitrogen and oxygen atoms in total. The van der Waals surface area contributed by atoms with Gasteiger partial charge in [0.2, 0.25) is 0 Å². The minimum absolute atomic E-state index is 0.672. The average Bonchev–Trinajstić information content (AvgIpc) is 3.35. The lowest BCUT2D eigenvalue weighted by molar-refractivity contribution is 1.10. The fourth-order valence-electron chi connectivity index (χ4n) is 4.01. The number of aromatic nitrogens is 2. The van der Waals surface area contributed by atoms with Crippen LogP contribution in [0.1, 0.15) is 0 Å². The number of fused-ring (bicyclic) bond motifs is 5. The SMILES string of the molecule is Clc1c(Br)cccc1-n1c(-c2ccccc2)nc2c3sc4ccccc4c3ccc21. The van der Waals surface area contributed by atoms with Crippen molar-refractivity contribution in [3.63, 3.8) is 0 Å². The number of benzene rings is 4. The fraction of sp³-hybridized carbons (Fsp3) is 0. The summed E-state index contributed by atoms with van der Waals surface area (Å²) in [7, 11) is 0. The summed E-state index contributed by atoms with van der Waals surface area (Å²) in [6.07, 6.45) is 0. The van der Waals surface area contributed by atoms with Crippen LogP contribution in [0.4, 0.5) is 0 Å². The van der Waals surface area contributed by atoms with Gasteiger partial charge in [-0.2, -0.15) is 0 Å². The first-order valence-electron chi connectivity index (χ1n) is 9.55. The molecule has 0 aliphatic rings. The molecule has 6 aromatic rings. The van der Waals surface area contributed by atoms with Crippen molar-refractivity contribution < 1.29 is 0 Å². The van der Waals surface area contributed by atoms with E-state index in [-0.39, 0.29) is 0 Å². The van der Waals surface area contributed by atoms with Crippen LogP contribution in [0.3, 0.4) is 0 Å². The molecular weight excluding hydrogens is 476 g/mol. The van der Waals surface area contributed by atoms with Crippen LogP contribution in [0.25, 0.3) is 48.3 Å². The summed E-state index contributed by atoms with van der Waals surface area (Å²) in [5.41, 5.74) is 4.02. The second-order valence-corrected chi connectivity index (χ2v) is 9.40. The lowest BCUT2D eigenvalue weighted by Crippen LogP contribution is -1.98. The van der Waals surface area contributed by atoms with Gasteiger partial charge in [-0.05, 0) is 40.2 Å². The normalized spacial score (nSPS) is 11.7. The van der Waals surface area contributed by atoms with Gasteiger partial charge in [0.05, 0.1) is 20.9 Å². The van der Waals surface area contributed by atoms with E-state index in [2.05, 4.69) is 69.0 Å². The fourth-order valence-corrected chi connectivity index (χ4v) is 5.77. The van der Waals surface area contributed by atoms with Gasteiger partial charge in [0.1, 0.15) is 11.3 Å². The van der Waals surface area contributed by atoms with E-state index in [1.54, 1.807) is 11.3 Å². The molecule has 0 aliphatic carbocycles. The molecular formula is C25H14BrClN2S. The molecule has 0 fully saturated rings. The molecule has 5 heteroatoms. The topological polar surface area (TPSA) is 17.8 Å². The first-order valence-corrected chi connectivity index (χ1v) is 11.5. The third-order valence-electron chi connectivity index (χ3n) is 5.37. The molecule has 2 aromatic heterocycles. The Kier molecular flexibility index (Phi) is 4.20. The molecule has 4 aromatic carbocycles. The van der Waals surface area contributed by atoms with E-state index in [4.69, 9.17) is 16.6 Å². The van der Waals surface area contributed by atoms with E-state index in [0.29, 0.717) is 5.02 Å². The van der Waals surface area contributed by atoms with Gasteiger partial charge >= 0.3 is 0 Å². The molecule has 0 bridgehead atoms. The number of hydrogen-bond donors (Lipinski definition) is 0. The Labute approximate surface area is 190 Å². The zero-order valence-electron chi connectivity index (χ0n) is 15.6. The quantitative estimate of drug-likeness (QED) is 0.238. The third kappa shape index (κ3) is 2.64. The highest BCUT2D eigenvalue weighted by Crippen LogP contribution is 2.41. The summed E-state index contributed by atoms with van der Waals surface area (Å²) in [5, 5.41) is 3.19. The van der Waals surface area contributed by atoms with Gasteiger partial charge in [-0.25, -0.2) is 4.98 Å². The van der Waals surface area contributed by atoms with Crippen molar-refractivity contribution in [3.05, 3.63) is 94.4 Å². The second-order valence-electron chi connectivity index (χ2n) is 7.12. The average molecular weight is 490 g/mol. The summed E-state index contributed by atoms with van der Waals surface area (Å²) in [4.78, 5) is 5.15. The van der Waals surface area contributed by atoms with Gasteiger partial charge in [0, 0.05) is 25.5 Å². The largest absolute Gasteiger partial charge is 0.291 e. The summed E-state index contributed by atoms with van der Waals surface area (Å²) in [6.45, 7) is 0. The summed E-state index contributed by atoms with van der Waals surface area (Å²) in [6, 6.07) is 29.2. The summed E-state index contributed by atoms with van der Waals surface area (Å²) < 4.78 is 5.51. The highest BCUT2D eigenvalue weighted by molar-refractivity contribution is 9.10. The Balaban J connectivity index is 1.78. The number of halogens is 2. The first-order chi connectivity index (χ1) is 14.7. The standard InChI is InChI=1S/C25H14BrClN2S/c26-18-10-6-11-19(22(18)27)29-20-14-13-17-16-9-4-5-12-21(16)30-24(17)23(20)28-25(29)15-7-2-1-3-8-15/h1-14H. The van der Waals surface area contributed by atoms with Crippen molar-refractivity contribution in [2.24, 2.45) is 0 Å². The minimum Gasteiger partial charge on any atom is -0.291 e. The number of hydrogen-bond acceptors (Lipinski definition) is 2. The molecule has 144 valence electrons. The van der Waals surface area contributed by atoms with E-state index < -0.39 is 0 Å². The first kappa shape index (κ1) is 18.1. The number of nitrogens with zero attached hydrogens (tertiary/aromatic N) is 2. The van der Waals surface area contributed by atoms with Gasteiger partial charge in [0.15, 0.2) is 0 Å². The molecule has 0 atom stereocenters. The van der Waals surface area contributed by atoms with Crippen molar-refractivity contribution in [2.45, 2.75) is 0 Å². The maximum atomic E-state index is 6.73. The van der Waals surface area contributed by atoms with Gasteiger partial charge in [-0.15, -0.1) is 11.3 Å². The molecule has 0 aliphatic heterocycles. The van der Waals surface area contributed by atoms with Crippen LogP contribution < -0.4 is 0 Å². The van der Waals surface area contributed by atoms with Gasteiger partial charge in [0.25, 0.3) is 0 Å². The Morgan fingerprint density at radius 2 is 1.60 bits per heavy atom. The van der Waals surface area contributed by atoms with Gasteiger partial charge in [-0.1, -0.05) is 72.3 Å². The molecule has 0 N–H and O–H groups in total. The zero-order valence-corrected chi connectivity index (χ0v) is 18.8. The second kappa shape index (κ2) is 6.95. The van der Waals surface area contributed by atoms with E-state index in [1.807, 2.05) is 36.4 Å². The van der Waals surface area contributed by atoms with Crippen LogP contribution in [-0.4, -0.2) is 9.55 Å². The predicted octanol–water partition coefficient (Wildman–Crippen LogP) is 8.48. The van der Waals surface area contributed by atoms with E-state index in [1.165, 1.54) is 20.2 Å². The maximum absolute atomic E-state index is 6.73. The number of thiophene rings is 1. The lowest BCUT2D eigenvalue weighted by Gasteiger charge is -2.12. The molecule has 6 rings (SSSR count). The van der Waals surface area contributed by atoms with E-state index in [0.717, 1.165) is 32.6 Å².